The van der Waals surface area contributed by atoms with Crippen LogP contribution in [0.1, 0.15) is 32.3 Å². The van der Waals surface area contributed by atoms with Crippen LogP contribution >= 0.6 is 15.9 Å². The number of likely N-dealkylation sites (N-methyl/N-ethyl adjacent to an activating group) is 1. The summed E-state index contributed by atoms with van der Waals surface area (Å²) >= 11 is 3.45. The lowest BCUT2D eigenvalue weighted by molar-refractivity contribution is -0.140. The number of nitrogens with zero attached hydrogens (tertiary/aromatic N) is 1. The maximum atomic E-state index is 12.9. The van der Waals surface area contributed by atoms with E-state index in [9.17, 15) is 9.59 Å². The summed E-state index contributed by atoms with van der Waals surface area (Å²) in [7, 11) is 0. The first-order valence-corrected chi connectivity index (χ1v) is 10.3. The molecule has 5 nitrogen and oxygen atoms in total. The fourth-order valence-electron chi connectivity index (χ4n) is 2.81. The first kappa shape index (κ1) is 22.0. The third-order valence-corrected chi connectivity index (χ3v) is 4.80. The molecule has 2 rings (SSSR count). The van der Waals surface area contributed by atoms with Crippen molar-refractivity contribution in [3.05, 3.63) is 64.6 Å². The summed E-state index contributed by atoms with van der Waals surface area (Å²) in [6.07, 6.45) is 0.912. The van der Waals surface area contributed by atoms with Gasteiger partial charge in [-0.05, 0) is 50.1 Å². The number of nitrogens with one attached hydrogen (secondary N) is 1. The molecule has 2 aromatic carbocycles. The van der Waals surface area contributed by atoms with E-state index in [0.717, 1.165) is 15.8 Å². The molecule has 1 unspecified atom stereocenters. The molecule has 2 amide bonds. The molecule has 0 saturated heterocycles. The van der Waals surface area contributed by atoms with E-state index in [1.165, 1.54) is 0 Å². The minimum absolute atomic E-state index is 0.0598. The Morgan fingerprint density at radius 1 is 1.14 bits per heavy atom. The van der Waals surface area contributed by atoms with E-state index in [0.29, 0.717) is 32.5 Å². The number of carbonyl (C=O) groups is 2. The van der Waals surface area contributed by atoms with E-state index in [1.807, 2.05) is 61.5 Å². The summed E-state index contributed by atoms with van der Waals surface area (Å²) < 4.78 is 6.60. The number of carbonyl (C=O) groups excluding carboxylic acids is 2. The average Bonchev–Trinajstić information content (AvgIpc) is 2.70. The summed E-state index contributed by atoms with van der Waals surface area (Å²) in [4.78, 5) is 26.8. The molecule has 150 valence electrons. The van der Waals surface area contributed by atoms with Crippen molar-refractivity contribution in [1.29, 1.82) is 0 Å². The number of benzene rings is 2. The van der Waals surface area contributed by atoms with Crippen molar-refractivity contribution in [3.8, 4) is 5.75 Å². The maximum absolute atomic E-state index is 12.9. The van der Waals surface area contributed by atoms with Gasteiger partial charge in [-0.25, -0.2) is 0 Å². The van der Waals surface area contributed by atoms with Gasteiger partial charge in [0.1, 0.15) is 11.8 Å². The molecular weight excluding hydrogens is 420 g/mol. The summed E-state index contributed by atoms with van der Waals surface area (Å²) in [5, 5.41) is 2.80. The number of para-hydroxylation sites is 1. The number of amides is 2. The molecule has 1 atom stereocenters. The molecule has 0 heterocycles. The minimum atomic E-state index is -0.540. The standard InChI is InChI=1S/C22H27BrN2O3/c1-3-24-22(27)17(2)25(16-18-9-7-10-19(23)15-18)21(26)13-8-14-28-20-11-5-4-6-12-20/h4-7,9-12,15,17H,3,8,13-14,16H2,1-2H3,(H,24,27). The summed E-state index contributed by atoms with van der Waals surface area (Å²) in [6, 6.07) is 16.8. The smallest absolute Gasteiger partial charge is 0.242 e. The summed E-state index contributed by atoms with van der Waals surface area (Å²) in [5.74, 6) is 0.582. The van der Waals surface area contributed by atoms with Crippen molar-refractivity contribution >= 4 is 27.7 Å². The number of ether oxygens (including phenoxy) is 1. The first-order valence-electron chi connectivity index (χ1n) is 9.50. The summed E-state index contributed by atoms with van der Waals surface area (Å²) in [5.41, 5.74) is 0.972. The second kappa shape index (κ2) is 11.5. The highest BCUT2D eigenvalue weighted by molar-refractivity contribution is 9.10. The highest BCUT2D eigenvalue weighted by Crippen LogP contribution is 2.16. The number of hydrogen-bond donors (Lipinski definition) is 1. The molecule has 0 aliphatic rings. The van der Waals surface area contributed by atoms with Crippen LogP contribution in [0.25, 0.3) is 0 Å². The molecule has 0 aliphatic heterocycles. The predicted octanol–water partition coefficient (Wildman–Crippen LogP) is 4.16. The van der Waals surface area contributed by atoms with Crippen LogP contribution in [0.2, 0.25) is 0 Å². The third-order valence-electron chi connectivity index (χ3n) is 4.31. The van der Waals surface area contributed by atoms with Crippen LogP contribution in [0.3, 0.4) is 0 Å². The molecule has 0 bridgehead atoms. The highest BCUT2D eigenvalue weighted by atomic mass is 79.9. The van der Waals surface area contributed by atoms with Gasteiger partial charge in [0, 0.05) is 24.0 Å². The molecule has 0 saturated carbocycles. The van der Waals surface area contributed by atoms with E-state index in [2.05, 4.69) is 21.2 Å². The Kier molecular flexibility index (Phi) is 9.01. The van der Waals surface area contributed by atoms with Crippen molar-refractivity contribution in [2.45, 2.75) is 39.3 Å². The van der Waals surface area contributed by atoms with Gasteiger partial charge in [0.2, 0.25) is 11.8 Å². The van der Waals surface area contributed by atoms with E-state index < -0.39 is 6.04 Å². The second-order valence-corrected chi connectivity index (χ2v) is 7.40. The zero-order valence-electron chi connectivity index (χ0n) is 16.4. The van der Waals surface area contributed by atoms with Gasteiger partial charge in [-0.1, -0.05) is 46.3 Å². The fraction of sp³-hybridized carbons (Fsp3) is 0.364. The third kappa shape index (κ3) is 7.00. The largest absolute Gasteiger partial charge is 0.494 e. The van der Waals surface area contributed by atoms with Crippen molar-refractivity contribution < 1.29 is 14.3 Å². The van der Waals surface area contributed by atoms with Crippen LogP contribution in [0, 0.1) is 0 Å². The maximum Gasteiger partial charge on any atom is 0.242 e. The van der Waals surface area contributed by atoms with Crippen LogP contribution in [0.4, 0.5) is 0 Å². The Morgan fingerprint density at radius 3 is 2.57 bits per heavy atom. The van der Waals surface area contributed by atoms with E-state index >= 15 is 0 Å². The van der Waals surface area contributed by atoms with E-state index in [1.54, 1.807) is 11.8 Å². The second-order valence-electron chi connectivity index (χ2n) is 6.49. The van der Waals surface area contributed by atoms with Gasteiger partial charge in [-0.3, -0.25) is 9.59 Å². The Bertz CT molecular complexity index is 767. The molecule has 0 fully saturated rings. The minimum Gasteiger partial charge on any atom is -0.494 e. The van der Waals surface area contributed by atoms with Crippen molar-refractivity contribution in [2.24, 2.45) is 0 Å². The molecule has 1 N–H and O–H groups in total. The van der Waals surface area contributed by atoms with E-state index in [4.69, 9.17) is 4.74 Å². The van der Waals surface area contributed by atoms with Gasteiger partial charge in [-0.2, -0.15) is 0 Å². The van der Waals surface area contributed by atoms with Gasteiger partial charge in [-0.15, -0.1) is 0 Å². The van der Waals surface area contributed by atoms with Crippen molar-refractivity contribution in [1.82, 2.24) is 10.2 Å². The van der Waals surface area contributed by atoms with Crippen LogP contribution in [0.15, 0.2) is 59.1 Å². The zero-order valence-corrected chi connectivity index (χ0v) is 17.9. The lowest BCUT2D eigenvalue weighted by atomic mass is 10.1. The molecule has 0 aliphatic carbocycles. The van der Waals surface area contributed by atoms with Crippen molar-refractivity contribution in [2.75, 3.05) is 13.2 Å². The normalized spacial score (nSPS) is 11.5. The van der Waals surface area contributed by atoms with Gasteiger partial charge in [0.15, 0.2) is 0 Å². The quantitative estimate of drug-likeness (QED) is 0.557. The number of halogens is 1. The van der Waals surface area contributed by atoms with Crippen LogP contribution < -0.4 is 10.1 Å². The average molecular weight is 447 g/mol. The highest BCUT2D eigenvalue weighted by Gasteiger charge is 2.25. The van der Waals surface area contributed by atoms with Gasteiger partial charge < -0.3 is 15.0 Å². The summed E-state index contributed by atoms with van der Waals surface area (Å²) in [6.45, 7) is 5.01. The molecule has 6 heteroatoms. The Labute approximate surface area is 175 Å². The monoisotopic (exact) mass is 446 g/mol. The van der Waals surface area contributed by atoms with E-state index in [-0.39, 0.29) is 11.8 Å². The first-order chi connectivity index (χ1) is 13.5. The fourth-order valence-corrected chi connectivity index (χ4v) is 3.26. The molecular formula is C22H27BrN2O3. The molecule has 0 aromatic heterocycles. The number of rotatable bonds is 10. The molecule has 0 spiro atoms. The van der Waals surface area contributed by atoms with Crippen molar-refractivity contribution in [3.63, 3.8) is 0 Å². The van der Waals surface area contributed by atoms with Gasteiger partial charge >= 0.3 is 0 Å². The van der Waals surface area contributed by atoms with Crippen LogP contribution in [-0.4, -0.2) is 35.9 Å². The van der Waals surface area contributed by atoms with Gasteiger partial charge in [0.05, 0.1) is 6.61 Å². The van der Waals surface area contributed by atoms with Crippen LogP contribution in [0.5, 0.6) is 5.75 Å². The van der Waals surface area contributed by atoms with Crippen LogP contribution in [-0.2, 0) is 16.1 Å². The predicted molar refractivity (Wildman–Crippen MR) is 114 cm³/mol. The Morgan fingerprint density at radius 2 is 1.89 bits per heavy atom. The number of hydrogen-bond acceptors (Lipinski definition) is 3. The lowest BCUT2D eigenvalue weighted by Gasteiger charge is -2.29. The molecule has 2 aromatic rings. The Balaban J connectivity index is 1.98. The SMILES string of the molecule is CCNC(=O)C(C)N(Cc1cccc(Br)c1)C(=O)CCCOc1ccccc1. The van der Waals surface area contributed by atoms with Gasteiger partial charge in [0.25, 0.3) is 0 Å². The zero-order chi connectivity index (χ0) is 20.4. The topological polar surface area (TPSA) is 58.6 Å². The Hall–Kier alpha value is -2.34. The molecule has 0 radical (unpaired) electrons. The molecule has 28 heavy (non-hydrogen) atoms. The lowest BCUT2D eigenvalue weighted by Crippen LogP contribution is -2.47.